The second-order valence-electron chi connectivity index (χ2n) is 5.97. The van der Waals surface area contributed by atoms with Gasteiger partial charge in [0.25, 0.3) is 0 Å². The lowest BCUT2D eigenvalue weighted by atomic mass is 9.74. The zero-order valence-corrected chi connectivity index (χ0v) is 12.7. The van der Waals surface area contributed by atoms with Gasteiger partial charge in [0, 0.05) is 11.2 Å². The average molecular weight is 296 g/mol. The van der Waals surface area contributed by atoms with Gasteiger partial charge in [0.05, 0.1) is 12.0 Å². The average Bonchev–Trinajstić information content (AvgIpc) is 2.36. The van der Waals surface area contributed by atoms with Gasteiger partial charge in [-0.2, -0.15) is 0 Å². The number of carbonyl (C=O) groups is 2. The second-order valence-corrected chi connectivity index (χ2v) is 5.97. The summed E-state index contributed by atoms with van der Waals surface area (Å²) < 4.78 is 13.0. The van der Waals surface area contributed by atoms with Crippen LogP contribution in [-0.4, -0.2) is 29.1 Å². The maximum Gasteiger partial charge on any atom is 0.310 e. The summed E-state index contributed by atoms with van der Waals surface area (Å²) in [5.41, 5.74) is -1.48. The molecule has 21 heavy (non-hydrogen) atoms. The zero-order chi connectivity index (χ0) is 16.3. The number of anilines is 1. The number of halogens is 1. The largest absolute Gasteiger partial charge is 0.481 e. The van der Waals surface area contributed by atoms with Crippen LogP contribution in [0.5, 0.6) is 0 Å². The maximum absolute atomic E-state index is 13.0. The molecule has 0 heterocycles. The van der Waals surface area contributed by atoms with Crippen LogP contribution in [0.2, 0.25) is 0 Å². The number of amides is 1. The van der Waals surface area contributed by atoms with E-state index in [9.17, 15) is 19.1 Å². The van der Waals surface area contributed by atoms with Crippen LogP contribution < -0.4 is 10.6 Å². The van der Waals surface area contributed by atoms with Crippen LogP contribution in [0.4, 0.5) is 10.1 Å². The Kier molecular flexibility index (Phi) is 5.06. The molecule has 0 radical (unpaired) electrons. The molecule has 0 atom stereocenters. The minimum atomic E-state index is -1.05. The molecule has 0 saturated heterocycles. The summed E-state index contributed by atoms with van der Waals surface area (Å²) in [7, 11) is 0. The summed E-state index contributed by atoms with van der Waals surface area (Å²) in [6.07, 6.45) is 0. The van der Waals surface area contributed by atoms with E-state index >= 15 is 0 Å². The molecule has 0 aliphatic carbocycles. The molecule has 0 fully saturated rings. The molecular formula is C15H21FN2O3. The Balaban J connectivity index is 2.62. The summed E-state index contributed by atoms with van der Waals surface area (Å²) in [5, 5.41) is 14.7. The van der Waals surface area contributed by atoms with Gasteiger partial charge in [-0.25, -0.2) is 4.39 Å². The molecule has 1 aromatic rings. The molecule has 0 spiro atoms. The first-order valence-electron chi connectivity index (χ1n) is 6.60. The van der Waals surface area contributed by atoms with Gasteiger partial charge in [0.1, 0.15) is 5.82 Å². The molecule has 5 nitrogen and oxygen atoms in total. The molecular weight excluding hydrogens is 275 g/mol. The van der Waals surface area contributed by atoms with E-state index < -0.39 is 22.7 Å². The Morgan fingerprint density at radius 1 is 1.24 bits per heavy atom. The van der Waals surface area contributed by atoms with Crippen molar-refractivity contribution in [3.05, 3.63) is 30.1 Å². The minimum absolute atomic E-state index is 0.0692. The number of nitrogens with one attached hydrogen (secondary N) is 2. The second kappa shape index (κ2) is 6.22. The highest BCUT2D eigenvalue weighted by atomic mass is 19.1. The first-order chi connectivity index (χ1) is 9.56. The fraction of sp³-hybridized carbons (Fsp3) is 0.467. The van der Waals surface area contributed by atoms with Crippen LogP contribution in [-0.2, 0) is 9.59 Å². The van der Waals surface area contributed by atoms with Crippen molar-refractivity contribution in [3.63, 3.8) is 0 Å². The number of benzene rings is 1. The summed E-state index contributed by atoms with van der Waals surface area (Å²) in [6, 6.07) is 5.57. The third-order valence-electron chi connectivity index (χ3n) is 3.90. The van der Waals surface area contributed by atoms with Crippen molar-refractivity contribution in [3.8, 4) is 0 Å². The molecule has 6 heteroatoms. The lowest BCUT2D eigenvalue weighted by Crippen LogP contribution is -2.56. The fourth-order valence-corrected chi connectivity index (χ4v) is 1.56. The molecule has 1 rings (SSSR count). The fourth-order valence-electron chi connectivity index (χ4n) is 1.56. The highest BCUT2D eigenvalue weighted by Gasteiger charge is 2.43. The van der Waals surface area contributed by atoms with Gasteiger partial charge in [0.2, 0.25) is 5.91 Å². The number of carbonyl (C=O) groups excluding carboxylic acids is 1. The lowest BCUT2D eigenvalue weighted by Gasteiger charge is -2.38. The number of hydrogen-bond donors (Lipinski definition) is 3. The number of carboxylic acid groups (broad SMARTS) is 1. The Bertz CT molecular complexity index is 541. The van der Waals surface area contributed by atoms with Gasteiger partial charge in [-0.3, -0.25) is 9.59 Å². The molecule has 0 aliphatic rings. The van der Waals surface area contributed by atoms with Crippen LogP contribution in [0.25, 0.3) is 0 Å². The maximum atomic E-state index is 13.0. The van der Waals surface area contributed by atoms with Gasteiger partial charge in [0.15, 0.2) is 0 Å². The standard InChI is InChI=1S/C15H21FN2O3/c1-14(2,13(20)21)15(3,4)17-9-12(19)18-11-7-5-6-10(16)8-11/h5-8,17H,9H2,1-4H3,(H,18,19)(H,20,21). The molecule has 0 unspecified atom stereocenters. The van der Waals surface area contributed by atoms with Gasteiger partial charge < -0.3 is 15.7 Å². The van der Waals surface area contributed by atoms with Crippen molar-refractivity contribution in [2.75, 3.05) is 11.9 Å². The minimum Gasteiger partial charge on any atom is -0.481 e. The van der Waals surface area contributed by atoms with Crippen LogP contribution in [0.1, 0.15) is 27.7 Å². The van der Waals surface area contributed by atoms with E-state index in [0.29, 0.717) is 5.69 Å². The zero-order valence-electron chi connectivity index (χ0n) is 12.7. The monoisotopic (exact) mass is 296 g/mol. The number of aliphatic carboxylic acids is 1. The van der Waals surface area contributed by atoms with Crippen LogP contribution in [0.3, 0.4) is 0 Å². The normalized spacial score (nSPS) is 12.0. The van der Waals surface area contributed by atoms with Crippen molar-refractivity contribution < 1.29 is 19.1 Å². The number of hydrogen-bond acceptors (Lipinski definition) is 3. The summed E-state index contributed by atoms with van der Waals surface area (Å²) >= 11 is 0. The molecule has 0 saturated carbocycles. The van der Waals surface area contributed by atoms with Crippen molar-refractivity contribution in [2.24, 2.45) is 5.41 Å². The predicted molar refractivity (Wildman–Crippen MR) is 78.5 cm³/mol. The smallest absolute Gasteiger partial charge is 0.310 e. The van der Waals surface area contributed by atoms with E-state index in [4.69, 9.17) is 0 Å². The van der Waals surface area contributed by atoms with Crippen LogP contribution >= 0.6 is 0 Å². The van der Waals surface area contributed by atoms with Crippen molar-refractivity contribution in [1.29, 1.82) is 0 Å². The molecule has 1 aromatic carbocycles. The summed E-state index contributed by atoms with van der Waals surface area (Å²) in [4.78, 5) is 23.1. The number of rotatable bonds is 6. The Labute approximate surface area is 123 Å². The molecule has 0 bridgehead atoms. The van der Waals surface area contributed by atoms with E-state index in [1.54, 1.807) is 33.8 Å². The van der Waals surface area contributed by atoms with Crippen molar-refractivity contribution in [2.45, 2.75) is 33.2 Å². The highest BCUT2D eigenvalue weighted by Crippen LogP contribution is 2.30. The van der Waals surface area contributed by atoms with E-state index in [1.165, 1.54) is 18.2 Å². The van der Waals surface area contributed by atoms with E-state index in [2.05, 4.69) is 10.6 Å². The Hall–Kier alpha value is -1.95. The molecule has 1 amide bonds. The van der Waals surface area contributed by atoms with E-state index in [0.717, 1.165) is 0 Å². The van der Waals surface area contributed by atoms with Crippen molar-refractivity contribution >= 4 is 17.6 Å². The van der Waals surface area contributed by atoms with Gasteiger partial charge in [-0.05, 0) is 45.9 Å². The van der Waals surface area contributed by atoms with Crippen LogP contribution in [0, 0.1) is 11.2 Å². The highest BCUT2D eigenvalue weighted by molar-refractivity contribution is 5.92. The van der Waals surface area contributed by atoms with Gasteiger partial charge in [-0.1, -0.05) is 6.07 Å². The first-order valence-corrected chi connectivity index (χ1v) is 6.60. The van der Waals surface area contributed by atoms with E-state index in [-0.39, 0.29) is 12.5 Å². The third kappa shape index (κ3) is 4.26. The first kappa shape index (κ1) is 17.1. The number of carboxylic acids is 1. The quantitative estimate of drug-likeness (QED) is 0.752. The van der Waals surface area contributed by atoms with Crippen LogP contribution in [0.15, 0.2) is 24.3 Å². The lowest BCUT2D eigenvalue weighted by molar-refractivity contribution is -0.151. The molecule has 3 N–H and O–H groups in total. The predicted octanol–water partition coefficient (Wildman–Crippen LogP) is 2.24. The molecule has 0 aromatic heterocycles. The Morgan fingerprint density at radius 2 is 1.86 bits per heavy atom. The summed E-state index contributed by atoms with van der Waals surface area (Å²) in [6.45, 7) is 6.55. The van der Waals surface area contributed by atoms with Gasteiger partial charge >= 0.3 is 5.97 Å². The third-order valence-corrected chi connectivity index (χ3v) is 3.90. The van der Waals surface area contributed by atoms with Gasteiger partial charge in [-0.15, -0.1) is 0 Å². The molecule has 116 valence electrons. The Morgan fingerprint density at radius 3 is 2.38 bits per heavy atom. The summed E-state index contributed by atoms with van der Waals surface area (Å²) in [5.74, 6) is -1.76. The SMILES string of the molecule is CC(C)(NCC(=O)Nc1cccc(F)c1)C(C)(C)C(=O)O. The van der Waals surface area contributed by atoms with Crippen molar-refractivity contribution in [1.82, 2.24) is 5.32 Å². The topological polar surface area (TPSA) is 78.4 Å². The van der Waals surface area contributed by atoms with E-state index in [1.807, 2.05) is 0 Å². The molecule has 0 aliphatic heterocycles.